The van der Waals surface area contributed by atoms with Gasteiger partial charge in [-0.15, -0.1) is 11.8 Å². The first-order chi connectivity index (χ1) is 9.04. The van der Waals surface area contributed by atoms with Crippen LogP contribution in [0.1, 0.15) is 13.3 Å². The van der Waals surface area contributed by atoms with Gasteiger partial charge in [0.1, 0.15) is 5.82 Å². The van der Waals surface area contributed by atoms with Crippen molar-refractivity contribution in [1.29, 1.82) is 0 Å². The van der Waals surface area contributed by atoms with Crippen LogP contribution < -0.4 is 10.6 Å². The maximum Gasteiger partial charge on any atom is 0.319 e. The number of hydrogen-bond donors (Lipinski definition) is 3. The number of carboxylic acid groups (broad SMARTS) is 1. The Morgan fingerprint density at radius 1 is 1.42 bits per heavy atom. The number of rotatable bonds is 6. The van der Waals surface area contributed by atoms with Crippen LogP contribution in [0.15, 0.2) is 23.1 Å². The fraction of sp³-hybridized carbons (Fsp3) is 0.333. The normalized spacial score (nSPS) is 10.0. The first-order valence-electron chi connectivity index (χ1n) is 5.72. The monoisotopic (exact) mass is 286 g/mol. The maximum atomic E-state index is 13.6. The van der Waals surface area contributed by atoms with Crippen molar-refractivity contribution in [3.05, 3.63) is 24.0 Å². The van der Waals surface area contributed by atoms with E-state index >= 15 is 0 Å². The standard InChI is InChI=1S/C12H15FN2O3S/c1-2-19-9-5-3-4-8(13)11(9)15-12(18)14-7-6-10(16)17/h3-5H,2,6-7H2,1H3,(H,16,17)(H2,14,15,18). The predicted octanol–water partition coefficient (Wildman–Crippen LogP) is 2.53. The second-order valence-electron chi connectivity index (χ2n) is 3.57. The van der Waals surface area contributed by atoms with Gasteiger partial charge >= 0.3 is 12.0 Å². The van der Waals surface area contributed by atoms with Crippen LogP contribution in [0.2, 0.25) is 0 Å². The number of halogens is 1. The number of benzene rings is 1. The SMILES string of the molecule is CCSc1cccc(F)c1NC(=O)NCCC(=O)O. The van der Waals surface area contributed by atoms with Gasteiger partial charge in [0.15, 0.2) is 0 Å². The highest BCUT2D eigenvalue weighted by Gasteiger charge is 2.11. The molecular weight excluding hydrogens is 271 g/mol. The molecule has 0 heterocycles. The summed E-state index contributed by atoms with van der Waals surface area (Å²) >= 11 is 1.41. The van der Waals surface area contributed by atoms with Gasteiger partial charge in [-0.05, 0) is 17.9 Å². The molecule has 19 heavy (non-hydrogen) atoms. The van der Waals surface area contributed by atoms with Crippen molar-refractivity contribution in [2.45, 2.75) is 18.2 Å². The van der Waals surface area contributed by atoms with Crippen LogP contribution in [0.3, 0.4) is 0 Å². The van der Waals surface area contributed by atoms with Crippen LogP contribution in [-0.4, -0.2) is 29.4 Å². The molecule has 5 nitrogen and oxygen atoms in total. The Hall–Kier alpha value is -1.76. The average Bonchev–Trinajstić information content (AvgIpc) is 2.33. The molecule has 0 atom stereocenters. The summed E-state index contributed by atoms with van der Waals surface area (Å²) in [5.74, 6) is -0.779. The fourth-order valence-electron chi connectivity index (χ4n) is 1.34. The number of aliphatic carboxylic acids is 1. The number of urea groups is 1. The van der Waals surface area contributed by atoms with Crippen LogP contribution in [0, 0.1) is 5.82 Å². The minimum atomic E-state index is -1.01. The second kappa shape index (κ2) is 7.63. The second-order valence-corrected chi connectivity index (χ2v) is 4.88. The lowest BCUT2D eigenvalue weighted by Gasteiger charge is -2.11. The Morgan fingerprint density at radius 2 is 2.16 bits per heavy atom. The van der Waals surface area contributed by atoms with E-state index in [2.05, 4.69) is 10.6 Å². The topological polar surface area (TPSA) is 78.4 Å². The Kier molecular flexibility index (Phi) is 6.14. The largest absolute Gasteiger partial charge is 0.481 e. The molecule has 0 aromatic heterocycles. The van der Waals surface area contributed by atoms with E-state index in [9.17, 15) is 14.0 Å². The van der Waals surface area contributed by atoms with Gasteiger partial charge in [-0.3, -0.25) is 4.79 Å². The third kappa shape index (κ3) is 5.17. The van der Waals surface area contributed by atoms with Crippen molar-refractivity contribution in [3.63, 3.8) is 0 Å². The first-order valence-corrected chi connectivity index (χ1v) is 6.71. The molecule has 3 N–H and O–H groups in total. The summed E-state index contributed by atoms with van der Waals surface area (Å²) in [4.78, 5) is 22.4. The van der Waals surface area contributed by atoms with E-state index in [-0.39, 0.29) is 18.7 Å². The lowest BCUT2D eigenvalue weighted by Crippen LogP contribution is -2.31. The predicted molar refractivity (Wildman–Crippen MR) is 72.1 cm³/mol. The molecule has 0 unspecified atom stereocenters. The molecule has 0 fully saturated rings. The fourth-order valence-corrected chi connectivity index (χ4v) is 2.12. The summed E-state index contributed by atoms with van der Waals surface area (Å²) in [6.07, 6.45) is -0.179. The molecule has 2 amide bonds. The third-order valence-electron chi connectivity index (χ3n) is 2.14. The maximum absolute atomic E-state index is 13.6. The van der Waals surface area contributed by atoms with Gasteiger partial charge in [0.25, 0.3) is 0 Å². The highest BCUT2D eigenvalue weighted by Crippen LogP contribution is 2.29. The van der Waals surface area contributed by atoms with E-state index in [0.29, 0.717) is 4.90 Å². The van der Waals surface area contributed by atoms with Crippen molar-refractivity contribution in [2.24, 2.45) is 0 Å². The van der Waals surface area contributed by atoms with Gasteiger partial charge in [-0.25, -0.2) is 9.18 Å². The van der Waals surface area contributed by atoms with E-state index < -0.39 is 17.8 Å². The molecule has 0 radical (unpaired) electrons. The van der Waals surface area contributed by atoms with E-state index in [1.807, 2.05) is 6.92 Å². The highest BCUT2D eigenvalue weighted by molar-refractivity contribution is 7.99. The van der Waals surface area contributed by atoms with Crippen LogP contribution >= 0.6 is 11.8 Å². The van der Waals surface area contributed by atoms with Gasteiger partial charge in [-0.1, -0.05) is 13.0 Å². The zero-order chi connectivity index (χ0) is 14.3. The summed E-state index contributed by atoms with van der Waals surface area (Å²) in [5.41, 5.74) is 0.113. The van der Waals surface area contributed by atoms with Crippen molar-refractivity contribution in [1.82, 2.24) is 5.32 Å². The lowest BCUT2D eigenvalue weighted by molar-refractivity contribution is -0.136. The molecule has 0 spiro atoms. The van der Waals surface area contributed by atoms with E-state index in [1.165, 1.54) is 17.8 Å². The van der Waals surface area contributed by atoms with Gasteiger partial charge < -0.3 is 15.7 Å². The molecule has 1 aromatic carbocycles. The molecule has 1 aromatic rings. The molecule has 0 aliphatic rings. The quantitative estimate of drug-likeness (QED) is 0.702. The van der Waals surface area contributed by atoms with Crippen LogP contribution in [0.25, 0.3) is 0 Å². The molecule has 1 rings (SSSR count). The summed E-state index contributed by atoms with van der Waals surface area (Å²) in [7, 11) is 0. The molecule has 0 saturated carbocycles. The van der Waals surface area contributed by atoms with Crippen LogP contribution in [-0.2, 0) is 4.79 Å². The number of anilines is 1. The van der Waals surface area contributed by atoms with E-state index in [0.717, 1.165) is 5.75 Å². The lowest BCUT2D eigenvalue weighted by atomic mass is 10.3. The highest BCUT2D eigenvalue weighted by atomic mass is 32.2. The van der Waals surface area contributed by atoms with Gasteiger partial charge in [0.05, 0.1) is 12.1 Å². The molecule has 0 aliphatic heterocycles. The number of carboxylic acids is 1. The van der Waals surface area contributed by atoms with Gasteiger partial charge in [-0.2, -0.15) is 0 Å². The van der Waals surface area contributed by atoms with Crippen LogP contribution in [0.4, 0.5) is 14.9 Å². The number of para-hydroxylation sites is 1. The molecule has 0 aliphatic carbocycles. The number of thioether (sulfide) groups is 1. The molecular formula is C12H15FN2O3S. The van der Waals surface area contributed by atoms with Crippen LogP contribution in [0.5, 0.6) is 0 Å². The van der Waals surface area contributed by atoms with Crippen molar-refractivity contribution in [3.8, 4) is 0 Å². The Balaban J connectivity index is 2.65. The number of hydrogen-bond acceptors (Lipinski definition) is 3. The molecule has 7 heteroatoms. The smallest absolute Gasteiger partial charge is 0.319 e. The van der Waals surface area contributed by atoms with E-state index in [4.69, 9.17) is 5.11 Å². The Bertz CT molecular complexity index is 468. The number of amides is 2. The summed E-state index contributed by atoms with van der Waals surface area (Å²) in [6, 6.07) is 3.92. The van der Waals surface area contributed by atoms with E-state index in [1.54, 1.807) is 12.1 Å². The number of carbonyl (C=O) groups is 2. The Labute approximate surface area is 114 Å². The number of carbonyl (C=O) groups excluding carboxylic acids is 1. The zero-order valence-corrected chi connectivity index (χ0v) is 11.2. The molecule has 0 saturated heterocycles. The van der Waals surface area contributed by atoms with Crippen molar-refractivity contribution in [2.75, 3.05) is 17.6 Å². The van der Waals surface area contributed by atoms with Gasteiger partial charge in [0.2, 0.25) is 0 Å². The number of nitrogens with one attached hydrogen (secondary N) is 2. The van der Waals surface area contributed by atoms with Crippen molar-refractivity contribution >= 4 is 29.4 Å². The summed E-state index contributed by atoms with van der Waals surface area (Å²) in [6.45, 7) is 1.91. The summed E-state index contributed by atoms with van der Waals surface area (Å²) < 4.78 is 13.6. The first kappa shape index (κ1) is 15.3. The molecule has 104 valence electrons. The molecule has 0 bridgehead atoms. The minimum Gasteiger partial charge on any atom is -0.481 e. The zero-order valence-electron chi connectivity index (χ0n) is 10.4. The van der Waals surface area contributed by atoms with Crippen molar-refractivity contribution < 1.29 is 19.1 Å². The van der Waals surface area contributed by atoms with Gasteiger partial charge in [0, 0.05) is 11.4 Å². The average molecular weight is 286 g/mol. The minimum absolute atomic E-state index is 0.00806. The Morgan fingerprint density at radius 3 is 2.79 bits per heavy atom. The summed E-state index contributed by atoms with van der Waals surface area (Å²) in [5, 5.41) is 13.2. The third-order valence-corrected chi connectivity index (χ3v) is 3.08.